The molecule has 1 heterocycles. The first-order chi connectivity index (χ1) is 11.6. The topological polar surface area (TPSA) is 41.6 Å². The molecule has 0 spiro atoms. The summed E-state index contributed by atoms with van der Waals surface area (Å²) in [5.74, 6) is 1.06. The second kappa shape index (κ2) is 7.77. The molecule has 4 heteroatoms. The highest BCUT2D eigenvalue weighted by Crippen LogP contribution is 2.30. The number of nitrogens with one attached hydrogen (secondary N) is 1. The number of benzene rings is 2. The van der Waals surface area contributed by atoms with Crippen molar-refractivity contribution in [2.24, 2.45) is 0 Å². The molecular formula is C20H26N2O2. The Balaban J connectivity index is 1.79. The second-order valence-corrected chi connectivity index (χ2v) is 6.59. The molecule has 0 amide bonds. The first-order valence-corrected chi connectivity index (χ1v) is 8.80. The molecule has 0 saturated carbocycles. The molecule has 24 heavy (non-hydrogen) atoms. The highest BCUT2D eigenvalue weighted by molar-refractivity contribution is 6.09. The van der Waals surface area contributed by atoms with Crippen molar-refractivity contribution in [3.63, 3.8) is 0 Å². The van der Waals surface area contributed by atoms with Crippen LogP contribution in [0.15, 0.2) is 36.4 Å². The largest absolute Gasteiger partial charge is 0.490 e. The number of Topliss-reactive ketones (excluding diaryl/α,β-unsaturated/α-hetero) is 1. The van der Waals surface area contributed by atoms with Crippen molar-refractivity contribution in [3.8, 4) is 5.75 Å². The van der Waals surface area contributed by atoms with Gasteiger partial charge in [0.2, 0.25) is 0 Å². The number of ketones is 1. The van der Waals surface area contributed by atoms with Crippen molar-refractivity contribution >= 4 is 16.6 Å². The van der Waals surface area contributed by atoms with Gasteiger partial charge in [-0.2, -0.15) is 0 Å². The van der Waals surface area contributed by atoms with Crippen LogP contribution in [0.25, 0.3) is 10.8 Å². The minimum atomic E-state index is 0.114. The van der Waals surface area contributed by atoms with Crippen LogP contribution >= 0.6 is 0 Å². The monoisotopic (exact) mass is 326 g/mol. The zero-order chi connectivity index (χ0) is 16.9. The number of hydrogen-bond donors (Lipinski definition) is 1. The number of piperazine rings is 1. The van der Waals surface area contributed by atoms with Crippen molar-refractivity contribution in [3.05, 3.63) is 42.0 Å². The van der Waals surface area contributed by atoms with E-state index in [4.69, 9.17) is 4.74 Å². The summed E-state index contributed by atoms with van der Waals surface area (Å²) in [6.07, 6.45) is 0.677. The standard InChI is InChI=1S/C20H26N2O2/c1-15(2)24-20-8-7-17(16-5-3-4-6-18(16)20)19(23)9-12-22-13-10-21-11-14-22/h3-8,15,21H,9-14H2,1-2H3. The molecule has 1 aliphatic heterocycles. The molecule has 0 atom stereocenters. The van der Waals surface area contributed by atoms with Crippen molar-refractivity contribution in [2.75, 3.05) is 32.7 Å². The Hall–Kier alpha value is -1.91. The summed E-state index contributed by atoms with van der Waals surface area (Å²) in [6.45, 7) is 8.93. The van der Waals surface area contributed by atoms with E-state index in [1.807, 2.05) is 50.2 Å². The van der Waals surface area contributed by atoms with E-state index in [9.17, 15) is 4.79 Å². The Labute approximate surface area is 143 Å². The summed E-state index contributed by atoms with van der Waals surface area (Å²) < 4.78 is 5.89. The van der Waals surface area contributed by atoms with E-state index < -0.39 is 0 Å². The Morgan fingerprint density at radius 2 is 1.83 bits per heavy atom. The summed E-state index contributed by atoms with van der Waals surface area (Å²) in [5.41, 5.74) is 0.803. The van der Waals surface area contributed by atoms with Crippen LogP contribution in [0.2, 0.25) is 0 Å². The molecule has 3 rings (SSSR count). The molecule has 1 N–H and O–H groups in total. The van der Waals surface area contributed by atoms with E-state index >= 15 is 0 Å². The zero-order valence-corrected chi connectivity index (χ0v) is 14.5. The van der Waals surface area contributed by atoms with Crippen LogP contribution in [0.3, 0.4) is 0 Å². The smallest absolute Gasteiger partial charge is 0.164 e. The molecule has 2 aromatic rings. The van der Waals surface area contributed by atoms with Gasteiger partial charge in [-0.1, -0.05) is 24.3 Å². The van der Waals surface area contributed by atoms with Crippen molar-refractivity contribution in [1.82, 2.24) is 10.2 Å². The molecule has 1 aliphatic rings. The van der Waals surface area contributed by atoms with E-state index in [1.165, 1.54) is 0 Å². The first-order valence-electron chi connectivity index (χ1n) is 8.80. The number of carbonyl (C=O) groups is 1. The minimum Gasteiger partial charge on any atom is -0.490 e. The van der Waals surface area contributed by atoms with Gasteiger partial charge < -0.3 is 15.0 Å². The molecule has 4 nitrogen and oxygen atoms in total. The van der Waals surface area contributed by atoms with Crippen LogP contribution in [0.1, 0.15) is 30.6 Å². The molecule has 1 saturated heterocycles. The van der Waals surface area contributed by atoms with E-state index in [-0.39, 0.29) is 11.9 Å². The second-order valence-electron chi connectivity index (χ2n) is 6.59. The summed E-state index contributed by atoms with van der Waals surface area (Å²) in [6, 6.07) is 11.9. The van der Waals surface area contributed by atoms with E-state index in [1.54, 1.807) is 0 Å². The van der Waals surface area contributed by atoms with Gasteiger partial charge in [0.25, 0.3) is 0 Å². The lowest BCUT2D eigenvalue weighted by Gasteiger charge is -2.26. The highest BCUT2D eigenvalue weighted by atomic mass is 16.5. The summed E-state index contributed by atoms with van der Waals surface area (Å²) >= 11 is 0. The lowest BCUT2D eigenvalue weighted by atomic mass is 9.99. The van der Waals surface area contributed by atoms with E-state index in [2.05, 4.69) is 10.2 Å². The van der Waals surface area contributed by atoms with Gasteiger partial charge in [0.15, 0.2) is 5.78 Å². The van der Waals surface area contributed by atoms with Gasteiger partial charge in [0.1, 0.15) is 5.75 Å². The fraction of sp³-hybridized carbons (Fsp3) is 0.450. The maximum atomic E-state index is 12.8. The summed E-state index contributed by atoms with van der Waals surface area (Å²) in [7, 11) is 0. The molecule has 0 aliphatic carbocycles. The third kappa shape index (κ3) is 3.94. The normalized spacial score (nSPS) is 15.8. The fourth-order valence-electron chi connectivity index (χ4n) is 3.20. The number of carbonyl (C=O) groups excluding carboxylic acids is 1. The SMILES string of the molecule is CC(C)Oc1ccc(C(=O)CCN2CCNCC2)c2ccccc12. The van der Waals surface area contributed by atoms with Crippen LogP contribution in [0, 0.1) is 0 Å². The van der Waals surface area contributed by atoms with Crippen LogP contribution in [-0.2, 0) is 0 Å². The number of fused-ring (bicyclic) bond motifs is 1. The Bertz CT molecular complexity index is 706. The molecule has 0 radical (unpaired) electrons. The predicted molar refractivity (Wildman–Crippen MR) is 98.0 cm³/mol. The van der Waals surface area contributed by atoms with Crippen LogP contribution in [0.4, 0.5) is 0 Å². The highest BCUT2D eigenvalue weighted by Gasteiger charge is 2.16. The third-order valence-corrected chi connectivity index (χ3v) is 4.41. The molecule has 1 fully saturated rings. The number of ether oxygens (including phenoxy) is 1. The summed E-state index contributed by atoms with van der Waals surface area (Å²) in [5, 5.41) is 5.34. The maximum absolute atomic E-state index is 12.8. The predicted octanol–water partition coefficient (Wildman–Crippen LogP) is 3.11. The third-order valence-electron chi connectivity index (χ3n) is 4.41. The molecule has 128 valence electrons. The van der Waals surface area contributed by atoms with Crippen LogP contribution in [0.5, 0.6) is 5.75 Å². The molecule has 0 unspecified atom stereocenters. The summed E-state index contributed by atoms with van der Waals surface area (Å²) in [4.78, 5) is 15.1. The van der Waals surface area contributed by atoms with Gasteiger partial charge >= 0.3 is 0 Å². The van der Waals surface area contributed by atoms with Crippen molar-refractivity contribution in [1.29, 1.82) is 0 Å². The fourth-order valence-corrected chi connectivity index (χ4v) is 3.20. The van der Waals surface area contributed by atoms with Crippen LogP contribution in [-0.4, -0.2) is 49.5 Å². The average Bonchev–Trinajstić information content (AvgIpc) is 2.60. The van der Waals surface area contributed by atoms with Gasteiger partial charge in [-0.25, -0.2) is 0 Å². The van der Waals surface area contributed by atoms with E-state index in [0.29, 0.717) is 6.42 Å². The van der Waals surface area contributed by atoms with Gasteiger partial charge in [-0.3, -0.25) is 4.79 Å². The van der Waals surface area contributed by atoms with Gasteiger partial charge in [0.05, 0.1) is 6.10 Å². The zero-order valence-electron chi connectivity index (χ0n) is 14.5. The van der Waals surface area contributed by atoms with Crippen molar-refractivity contribution in [2.45, 2.75) is 26.4 Å². The minimum absolute atomic E-state index is 0.114. The van der Waals surface area contributed by atoms with Crippen molar-refractivity contribution < 1.29 is 9.53 Å². The molecule has 0 bridgehead atoms. The Morgan fingerprint density at radius 1 is 1.12 bits per heavy atom. The quantitative estimate of drug-likeness (QED) is 0.828. The lowest BCUT2D eigenvalue weighted by molar-refractivity contribution is 0.0962. The molecule has 0 aromatic heterocycles. The van der Waals surface area contributed by atoms with Crippen LogP contribution < -0.4 is 10.1 Å². The molecule has 2 aromatic carbocycles. The van der Waals surface area contributed by atoms with E-state index in [0.717, 1.165) is 54.8 Å². The van der Waals surface area contributed by atoms with Gasteiger partial charge in [0, 0.05) is 50.1 Å². The maximum Gasteiger partial charge on any atom is 0.164 e. The Morgan fingerprint density at radius 3 is 2.54 bits per heavy atom. The van der Waals surface area contributed by atoms with Gasteiger partial charge in [-0.15, -0.1) is 0 Å². The molecular weight excluding hydrogens is 300 g/mol. The average molecular weight is 326 g/mol. The number of nitrogens with zero attached hydrogens (tertiary/aromatic N) is 1. The Kier molecular flexibility index (Phi) is 5.48. The number of hydrogen-bond acceptors (Lipinski definition) is 4. The first kappa shape index (κ1) is 16.9. The number of rotatable bonds is 6. The lowest BCUT2D eigenvalue weighted by Crippen LogP contribution is -2.44. The van der Waals surface area contributed by atoms with Gasteiger partial charge in [-0.05, 0) is 31.4 Å².